The molecule has 8 nitrogen and oxygen atoms in total. The van der Waals surface area contributed by atoms with Crippen LogP contribution in [-0.2, 0) is 11.3 Å². The molecule has 1 aromatic carbocycles. The van der Waals surface area contributed by atoms with Crippen molar-refractivity contribution in [3.63, 3.8) is 0 Å². The third-order valence-electron chi connectivity index (χ3n) is 6.32. The van der Waals surface area contributed by atoms with Gasteiger partial charge in [-0.05, 0) is 31.0 Å². The number of aromatic nitrogens is 2. The molecule has 2 aromatic heterocycles. The molecule has 0 bridgehead atoms. The maximum absolute atomic E-state index is 12.1. The predicted molar refractivity (Wildman–Crippen MR) is 133 cm³/mol. The van der Waals surface area contributed by atoms with Crippen molar-refractivity contribution >= 4 is 40.8 Å². The molecule has 2 aliphatic rings. The lowest BCUT2D eigenvalue weighted by Crippen LogP contribution is -2.46. The van der Waals surface area contributed by atoms with Crippen LogP contribution < -0.4 is 16.0 Å². The smallest absolute Gasteiger partial charge is 0.325 e. The summed E-state index contributed by atoms with van der Waals surface area (Å²) in [5.74, 6) is 0.416. The van der Waals surface area contributed by atoms with Crippen LogP contribution in [0, 0.1) is 0 Å². The fourth-order valence-corrected chi connectivity index (χ4v) is 5.93. The average molecular weight is 497 g/mol. The summed E-state index contributed by atoms with van der Waals surface area (Å²) in [6.45, 7) is 5.88. The Bertz CT molecular complexity index is 1250. The summed E-state index contributed by atoms with van der Waals surface area (Å²) in [5, 5.41) is 9.51. The molecule has 1 fully saturated rings. The van der Waals surface area contributed by atoms with Gasteiger partial charge in [-0.2, -0.15) is 0 Å². The number of anilines is 1. The van der Waals surface area contributed by atoms with Crippen molar-refractivity contribution in [3.05, 3.63) is 63.6 Å². The third kappa shape index (κ3) is 4.15. The summed E-state index contributed by atoms with van der Waals surface area (Å²) in [5.41, 5.74) is 2.34. The van der Waals surface area contributed by atoms with Crippen LogP contribution in [0.1, 0.15) is 35.8 Å². The van der Waals surface area contributed by atoms with E-state index in [4.69, 9.17) is 11.6 Å². The standard InChI is InChI=1S/C24H25ClN6O2S/c1-24(2)21(32)30-23(33)31(24)9-8-27-22-28-13-17(25)19(29-22)18-10-15-11-26-12-16(20(15)34-18)14-6-4-3-5-7-14/h3-7,10,13,16,26H,8-9,11-12H2,1-2H3,(H,27,28,29)(H,30,32,33). The number of halogens is 1. The highest BCUT2D eigenvalue weighted by molar-refractivity contribution is 7.15. The van der Waals surface area contributed by atoms with Gasteiger partial charge < -0.3 is 15.5 Å². The first-order valence-corrected chi connectivity index (χ1v) is 12.3. The van der Waals surface area contributed by atoms with Gasteiger partial charge in [0.2, 0.25) is 5.95 Å². The highest BCUT2D eigenvalue weighted by Crippen LogP contribution is 2.41. The zero-order chi connectivity index (χ0) is 23.9. The average Bonchev–Trinajstić information content (AvgIpc) is 3.34. The van der Waals surface area contributed by atoms with E-state index >= 15 is 0 Å². The highest BCUT2D eigenvalue weighted by atomic mass is 35.5. The number of thiophene rings is 1. The van der Waals surface area contributed by atoms with E-state index in [1.54, 1.807) is 31.4 Å². The molecule has 34 heavy (non-hydrogen) atoms. The van der Waals surface area contributed by atoms with Crippen LogP contribution in [0.2, 0.25) is 5.02 Å². The molecule has 0 saturated carbocycles. The molecule has 4 heterocycles. The maximum atomic E-state index is 12.1. The Morgan fingerprint density at radius 1 is 1.26 bits per heavy atom. The monoisotopic (exact) mass is 496 g/mol. The van der Waals surface area contributed by atoms with Gasteiger partial charge >= 0.3 is 6.03 Å². The van der Waals surface area contributed by atoms with E-state index in [0.717, 1.165) is 18.0 Å². The first-order chi connectivity index (χ1) is 16.3. The second-order valence-electron chi connectivity index (χ2n) is 8.88. The van der Waals surface area contributed by atoms with E-state index < -0.39 is 5.54 Å². The van der Waals surface area contributed by atoms with Gasteiger partial charge in [0, 0.05) is 37.0 Å². The molecule has 1 unspecified atom stereocenters. The second-order valence-corrected chi connectivity index (χ2v) is 10.4. The van der Waals surface area contributed by atoms with E-state index in [2.05, 4.69) is 56.3 Å². The summed E-state index contributed by atoms with van der Waals surface area (Å²) in [6, 6.07) is 12.3. The van der Waals surface area contributed by atoms with Gasteiger partial charge in [0.15, 0.2) is 0 Å². The van der Waals surface area contributed by atoms with Crippen molar-refractivity contribution in [2.24, 2.45) is 0 Å². The number of nitrogens with zero attached hydrogens (tertiary/aromatic N) is 3. The van der Waals surface area contributed by atoms with Crippen molar-refractivity contribution in [3.8, 4) is 10.6 Å². The SMILES string of the molecule is CC1(C)C(=O)NC(=O)N1CCNc1ncc(Cl)c(-c2cc3c(s2)C(c2ccccc2)CNC3)n1. The molecule has 0 spiro atoms. The topological polar surface area (TPSA) is 99.3 Å². The number of nitrogens with one attached hydrogen (secondary N) is 3. The molecule has 0 radical (unpaired) electrons. The van der Waals surface area contributed by atoms with E-state index in [-0.39, 0.29) is 11.9 Å². The molecule has 2 aliphatic heterocycles. The number of imide groups is 1. The minimum atomic E-state index is -0.885. The Balaban J connectivity index is 1.34. The highest BCUT2D eigenvalue weighted by Gasteiger charge is 2.45. The molecule has 5 rings (SSSR count). The van der Waals surface area contributed by atoms with Crippen LogP contribution >= 0.6 is 22.9 Å². The van der Waals surface area contributed by atoms with Crippen LogP contribution in [0.15, 0.2) is 42.6 Å². The molecule has 1 atom stereocenters. The van der Waals surface area contributed by atoms with Crippen molar-refractivity contribution in [1.82, 2.24) is 25.5 Å². The molecule has 0 aliphatic carbocycles. The van der Waals surface area contributed by atoms with Crippen molar-refractivity contribution in [2.75, 3.05) is 25.0 Å². The maximum Gasteiger partial charge on any atom is 0.325 e. The first kappa shape index (κ1) is 22.8. The molecule has 176 valence electrons. The van der Waals surface area contributed by atoms with Crippen LogP contribution in [0.5, 0.6) is 0 Å². The Morgan fingerprint density at radius 2 is 2.06 bits per heavy atom. The fourth-order valence-electron chi connectivity index (χ4n) is 4.37. The Kier molecular flexibility index (Phi) is 6.01. The van der Waals surface area contributed by atoms with Crippen LogP contribution in [0.25, 0.3) is 10.6 Å². The number of hydrogen-bond acceptors (Lipinski definition) is 7. The normalized spacial score (nSPS) is 19.1. The van der Waals surface area contributed by atoms with Gasteiger partial charge in [-0.3, -0.25) is 10.1 Å². The molecule has 1 saturated heterocycles. The van der Waals surface area contributed by atoms with Crippen LogP contribution in [-0.4, -0.2) is 52.0 Å². The Labute approximate surface area is 206 Å². The summed E-state index contributed by atoms with van der Waals surface area (Å²) in [7, 11) is 0. The molecule has 3 aromatic rings. The molecule has 3 amide bonds. The Hall–Kier alpha value is -3.01. The lowest BCUT2D eigenvalue weighted by atomic mass is 9.92. The van der Waals surface area contributed by atoms with Crippen molar-refractivity contribution < 1.29 is 9.59 Å². The molecular weight excluding hydrogens is 472 g/mol. The Morgan fingerprint density at radius 3 is 2.79 bits per heavy atom. The molecule has 10 heteroatoms. The number of fused-ring (bicyclic) bond motifs is 1. The predicted octanol–water partition coefficient (Wildman–Crippen LogP) is 3.84. The zero-order valence-corrected chi connectivity index (χ0v) is 20.5. The first-order valence-electron chi connectivity index (χ1n) is 11.1. The van der Waals surface area contributed by atoms with Crippen LogP contribution in [0.4, 0.5) is 10.7 Å². The lowest BCUT2D eigenvalue weighted by Gasteiger charge is -2.27. The van der Waals surface area contributed by atoms with Crippen LogP contribution in [0.3, 0.4) is 0 Å². The van der Waals surface area contributed by atoms with Gasteiger partial charge in [0.05, 0.1) is 16.1 Å². The minimum absolute atomic E-state index is 0.291. The largest absolute Gasteiger partial charge is 0.352 e. The number of carbonyl (C=O) groups is 2. The van der Waals surface area contributed by atoms with E-state index in [0.29, 0.717) is 35.7 Å². The quantitative estimate of drug-likeness (QED) is 0.448. The number of rotatable bonds is 6. The van der Waals surface area contributed by atoms with E-state index in [1.807, 2.05) is 6.07 Å². The van der Waals surface area contributed by atoms with Gasteiger partial charge in [-0.15, -0.1) is 11.3 Å². The summed E-state index contributed by atoms with van der Waals surface area (Å²) >= 11 is 8.22. The van der Waals surface area contributed by atoms with Crippen molar-refractivity contribution in [2.45, 2.75) is 31.8 Å². The van der Waals surface area contributed by atoms with E-state index in [1.165, 1.54) is 20.9 Å². The summed E-state index contributed by atoms with van der Waals surface area (Å²) in [6.07, 6.45) is 1.59. The van der Waals surface area contributed by atoms with E-state index in [9.17, 15) is 9.59 Å². The number of carbonyl (C=O) groups excluding carboxylic acids is 2. The number of benzene rings is 1. The lowest BCUT2D eigenvalue weighted by molar-refractivity contribution is -0.125. The van der Waals surface area contributed by atoms with Gasteiger partial charge in [-0.1, -0.05) is 41.9 Å². The third-order valence-corrected chi connectivity index (χ3v) is 7.89. The summed E-state index contributed by atoms with van der Waals surface area (Å²) in [4.78, 5) is 36.8. The number of urea groups is 1. The zero-order valence-electron chi connectivity index (χ0n) is 18.9. The van der Waals surface area contributed by atoms with Gasteiger partial charge in [0.25, 0.3) is 5.91 Å². The number of hydrogen-bond donors (Lipinski definition) is 3. The fraction of sp³-hybridized carbons (Fsp3) is 0.333. The van der Waals surface area contributed by atoms with Gasteiger partial charge in [-0.25, -0.2) is 14.8 Å². The summed E-state index contributed by atoms with van der Waals surface area (Å²) < 4.78 is 0. The minimum Gasteiger partial charge on any atom is -0.352 e. The molecular formula is C24H25ClN6O2S. The second kappa shape index (κ2) is 8.98. The number of amides is 3. The van der Waals surface area contributed by atoms with Gasteiger partial charge in [0.1, 0.15) is 11.2 Å². The van der Waals surface area contributed by atoms with Crippen molar-refractivity contribution in [1.29, 1.82) is 0 Å². The molecule has 3 N–H and O–H groups in total.